The molecule has 3 aromatic rings. The van der Waals surface area contributed by atoms with E-state index in [1.165, 1.54) is 5.56 Å². The first-order chi connectivity index (χ1) is 11.8. The number of anilines is 1. The van der Waals surface area contributed by atoms with E-state index in [9.17, 15) is 4.79 Å². The topological polar surface area (TPSA) is 42.0 Å². The van der Waals surface area contributed by atoms with Gasteiger partial charge in [0.05, 0.1) is 11.4 Å². The van der Waals surface area contributed by atoms with Crippen molar-refractivity contribution in [2.75, 3.05) is 11.1 Å². The van der Waals surface area contributed by atoms with Crippen LogP contribution in [-0.4, -0.2) is 16.6 Å². The number of thioether (sulfide) groups is 1. The average Bonchev–Trinajstić information content (AvgIpc) is 3.26. The third kappa shape index (κ3) is 4.47. The molecule has 0 radical (unpaired) electrons. The lowest BCUT2D eigenvalue weighted by Crippen LogP contribution is -2.15. The third-order valence-electron chi connectivity index (χ3n) is 3.48. The Morgan fingerprint density at radius 2 is 2.12 bits per heavy atom. The standard InChI is InChI=1S/C18H18N2OS3/c1-2-13-5-3-4-6-16(13)20-17(21)12-23-10-15-11-24-18(19-15)14-7-8-22-9-14/h3-9,11H,2,10,12H2,1H3,(H,20,21). The van der Waals surface area contributed by atoms with Gasteiger partial charge in [-0.15, -0.1) is 23.1 Å². The summed E-state index contributed by atoms with van der Waals surface area (Å²) in [5.74, 6) is 1.22. The summed E-state index contributed by atoms with van der Waals surface area (Å²) in [4.78, 5) is 16.7. The van der Waals surface area contributed by atoms with Crippen molar-refractivity contribution in [3.05, 3.63) is 57.7 Å². The molecule has 124 valence electrons. The molecule has 0 aliphatic carbocycles. The van der Waals surface area contributed by atoms with E-state index in [1.54, 1.807) is 34.4 Å². The summed E-state index contributed by atoms with van der Waals surface area (Å²) in [6, 6.07) is 10.0. The lowest BCUT2D eigenvalue weighted by Gasteiger charge is -2.09. The number of thiophene rings is 1. The van der Waals surface area contributed by atoms with Crippen LogP contribution in [0.1, 0.15) is 18.2 Å². The molecule has 1 N–H and O–H groups in total. The highest BCUT2D eigenvalue weighted by Gasteiger charge is 2.08. The number of para-hydroxylation sites is 1. The van der Waals surface area contributed by atoms with E-state index in [0.717, 1.165) is 34.1 Å². The van der Waals surface area contributed by atoms with Gasteiger partial charge in [0.15, 0.2) is 0 Å². The highest BCUT2D eigenvalue weighted by Crippen LogP contribution is 2.27. The van der Waals surface area contributed by atoms with E-state index in [2.05, 4.69) is 39.4 Å². The lowest BCUT2D eigenvalue weighted by atomic mass is 10.1. The Morgan fingerprint density at radius 3 is 2.92 bits per heavy atom. The Labute approximate surface area is 154 Å². The van der Waals surface area contributed by atoms with Crippen molar-refractivity contribution in [1.29, 1.82) is 0 Å². The Hall–Kier alpha value is -1.63. The number of carbonyl (C=O) groups is 1. The summed E-state index contributed by atoms with van der Waals surface area (Å²) >= 11 is 4.93. The summed E-state index contributed by atoms with van der Waals surface area (Å²) < 4.78 is 0. The number of hydrogen-bond donors (Lipinski definition) is 1. The van der Waals surface area contributed by atoms with Gasteiger partial charge in [-0.2, -0.15) is 11.3 Å². The summed E-state index contributed by atoms with van der Waals surface area (Å²) in [5.41, 5.74) is 4.29. The highest BCUT2D eigenvalue weighted by molar-refractivity contribution is 7.99. The predicted octanol–water partition coefficient (Wildman–Crippen LogP) is 5.31. The third-order valence-corrected chi connectivity index (χ3v) is 6.06. The Bertz CT molecular complexity index is 796. The molecule has 2 heterocycles. The summed E-state index contributed by atoms with van der Waals surface area (Å²) in [6.45, 7) is 2.09. The molecule has 3 rings (SSSR count). The Morgan fingerprint density at radius 1 is 1.25 bits per heavy atom. The fraction of sp³-hybridized carbons (Fsp3) is 0.222. The predicted molar refractivity (Wildman–Crippen MR) is 106 cm³/mol. The molecule has 0 aliphatic heterocycles. The molecule has 0 spiro atoms. The Balaban J connectivity index is 1.49. The highest BCUT2D eigenvalue weighted by atomic mass is 32.2. The van der Waals surface area contributed by atoms with E-state index >= 15 is 0 Å². The number of thiazole rings is 1. The van der Waals surface area contributed by atoms with Gasteiger partial charge in [0.2, 0.25) is 5.91 Å². The summed E-state index contributed by atoms with van der Waals surface area (Å²) in [7, 11) is 0. The molecule has 6 heteroatoms. The zero-order valence-electron chi connectivity index (χ0n) is 13.3. The van der Waals surface area contributed by atoms with Gasteiger partial charge < -0.3 is 5.32 Å². The molecule has 1 aromatic carbocycles. The average molecular weight is 375 g/mol. The van der Waals surface area contributed by atoms with Crippen LogP contribution in [0.3, 0.4) is 0 Å². The van der Waals surface area contributed by atoms with Crippen molar-refractivity contribution >= 4 is 46.0 Å². The van der Waals surface area contributed by atoms with Crippen molar-refractivity contribution in [2.24, 2.45) is 0 Å². The normalized spacial score (nSPS) is 10.7. The first-order valence-electron chi connectivity index (χ1n) is 7.68. The van der Waals surface area contributed by atoms with Crippen LogP contribution >= 0.6 is 34.4 Å². The number of aryl methyl sites for hydroxylation is 1. The second-order valence-electron chi connectivity index (χ2n) is 5.21. The van der Waals surface area contributed by atoms with Crippen molar-refractivity contribution in [3.8, 4) is 10.6 Å². The molecule has 0 atom stereocenters. The van der Waals surface area contributed by atoms with Crippen LogP contribution in [0.5, 0.6) is 0 Å². The smallest absolute Gasteiger partial charge is 0.234 e. The number of benzene rings is 1. The minimum Gasteiger partial charge on any atom is -0.325 e. The maximum absolute atomic E-state index is 12.1. The maximum atomic E-state index is 12.1. The molecule has 0 aliphatic rings. The number of rotatable bonds is 7. The zero-order chi connectivity index (χ0) is 16.8. The van der Waals surface area contributed by atoms with E-state index < -0.39 is 0 Å². The largest absolute Gasteiger partial charge is 0.325 e. The van der Waals surface area contributed by atoms with Crippen molar-refractivity contribution in [2.45, 2.75) is 19.1 Å². The molecule has 0 fully saturated rings. The fourth-order valence-electron chi connectivity index (χ4n) is 2.28. The number of amides is 1. The molecular weight excluding hydrogens is 356 g/mol. The van der Waals surface area contributed by atoms with Gasteiger partial charge in [0, 0.05) is 27.8 Å². The van der Waals surface area contributed by atoms with Gasteiger partial charge >= 0.3 is 0 Å². The number of nitrogens with one attached hydrogen (secondary N) is 1. The monoisotopic (exact) mass is 374 g/mol. The van der Waals surface area contributed by atoms with Gasteiger partial charge in [-0.1, -0.05) is 25.1 Å². The number of hydrogen-bond acceptors (Lipinski definition) is 5. The molecule has 0 bridgehead atoms. The molecule has 2 aromatic heterocycles. The second-order valence-corrected chi connectivity index (χ2v) is 7.83. The van der Waals surface area contributed by atoms with E-state index in [0.29, 0.717) is 5.75 Å². The van der Waals surface area contributed by atoms with E-state index in [1.807, 2.05) is 24.3 Å². The molecule has 1 amide bonds. The zero-order valence-corrected chi connectivity index (χ0v) is 15.8. The van der Waals surface area contributed by atoms with Crippen LogP contribution in [0, 0.1) is 0 Å². The van der Waals surface area contributed by atoms with Gasteiger partial charge in [-0.3, -0.25) is 4.79 Å². The van der Waals surface area contributed by atoms with Crippen molar-refractivity contribution in [1.82, 2.24) is 4.98 Å². The molecule has 0 unspecified atom stereocenters. The first kappa shape index (κ1) is 17.2. The van der Waals surface area contributed by atoms with Gasteiger partial charge in [-0.05, 0) is 29.5 Å². The van der Waals surface area contributed by atoms with Crippen LogP contribution < -0.4 is 5.32 Å². The number of nitrogens with zero attached hydrogens (tertiary/aromatic N) is 1. The van der Waals surface area contributed by atoms with Gasteiger partial charge in [-0.25, -0.2) is 4.98 Å². The molecule has 0 saturated heterocycles. The van der Waals surface area contributed by atoms with Crippen LogP contribution in [0.4, 0.5) is 5.69 Å². The van der Waals surface area contributed by atoms with E-state index in [-0.39, 0.29) is 5.91 Å². The SMILES string of the molecule is CCc1ccccc1NC(=O)CSCc1csc(-c2ccsc2)n1. The van der Waals surface area contributed by atoms with Crippen LogP contribution in [-0.2, 0) is 17.0 Å². The lowest BCUT2D eigenvalue weighted by molar-refractivity contribution is -0.113. The quantitative estimate of drug-likeness (QED) is 0.610. The minimum absolute atomic E-state index is 0.0363. The van der Waals surface area contributed by atoms with Crippen molar-refractivity contribution in [3.63, 3.8) is 0 Å². The van der Waals surface area contributed by atoms with Crippen LogP contribution in [0.15, 0.2) is 46.5 Å². The molecular formula is C18H18N2OS3. The van der Waals surface area contributed by atoms with Gasteiger partial charge in [0.25, 0.3) is 0 Å². The molecule has 0 saturated carbocycles. The first-order valence-corrected chi connectivity index (χ1v) is 10.7. The molecule has 3 nitrogen and oxygen atoms in total. The number of carbonyl (C=O) groups excluding carboxylic acids is 1. The fourth-order valence-corrected chi connectivity index (χ4v) is 4.63. The van der Waals surface area contributed by atoms with Crippen LogP contribution in [0.25, 0.3) is 10.6 Å². The second kappa shape index (κ2) is 8.46. The Kier molecular flexibility index (Phi) is 6.07. The summed E-state index contributed by atoms with van der Waals surface area (Å²) in [6.07, 6.45) is 0.910. The van der Waals surface area contributed by atoms with Crippen molar-refractivity contribution < 1.29 is 4.79 Å². The minimum atomic E-state index is 0.0363. The van der Waals surface area contributed by atoms with Gasteiger partial charge in [0.1, 0.15) is 5.01 Å². The maximum Gasteiger partial charge on any atom is 0.234 e. The van der Waals surface area contributed by atoms with Crippen LogP contribution in [0.2, 0.25) is 0 Å². The van der Waals surface area contributed by atoms with E-state index in [4.69, 9.17) is 0 Å². The number of aromatic nitrogens is 1. The molecule has 24 heavy (non-hydrogen) atoms. The summed E-state index contributed by atoms with van der Waals surface area (Å²) in [5, 5.41) is 10.3.